The van der Waals surface area contributed by atoms with Crippen molar-refractivity contribution in [3.8, 4) is 0 Å². The summed E-state index contributed by atoms with van der Waals surface area (Å²) >= 11 is 0. The van der Waals surface area contributed by atoms with Crippen molar-refractivity contribution in [1.82, 2.24) is 10.2 Å². The average molecular weight is 516 g/mol. The maximum atomic E-state index is 13.5. The highest BCUT2D eigenvalue weighted by molar-refractivity contribution is 7.92. The zero-order valence-corrected chi connectivity index (χ0v) is 23.3. The number of anilines is 1. The minimum Gasteiger partial charge on any atom is -0.354 e. The molecule has 2 aromatic rings. The molecule has 0 aliphatic heterocycles. The summed E-state index contributed by atoms with van der Waals surface area (Å²) in [4.78, 5) is 28.0. The summed E-state index contributed by atoms with van der Waals surface area (Å²) in [5.41, 5.74) is 4.53. The molecule has 0 aliphatic rings. The van der Waals surface area contributed by atoms with Crippen molar-refractivity contribution >= 4 is 27.5 Å². The van der Waals surface area contributed by atoms with E-state index < -0.39 is 16.1 Å². The van der Waals surface area contributed by atoms with Crippen LogP contribution >= 0.6 is 0 Å². The first kappa shape index (κ1) is 29.4. The molecule has 0 unspecified atom stereocenters. The van der Waals surface area contributed by atoms with Crippen LogP contribution in [0.3, 0.4) is 0 Å². The molecule has 0 fully saturated rings. The lowest BCUT2D eigenvalue weighted by Gasteiger charge is -2.31. The van der Waals surface area contributed by atoms with E-state index in [9.17, 15) is 18.0 Å². The Balaban J connectivity index is 2.23. The van der Waals surface area contributed by atoms with Crippen LogP contribution in [-0.2, 0) is 26.2 Å². The molecule has 0 bridgehead atoms. The highest BCUT2D eigenvalue weighted by atomic mass is 32.2. The summed E-state index contributed by atoms with van der Waals surface area (Å²) in [6.07, 6.45) is 2.97. The van der Waals surface area contributed by atoms with Crippen molar-refractivity contribution < 1.29 is 18.0 Å². The van der Waals surface area contributed by atoms with Crippen LogP contribution in [0.25, 0.3) is 0 Å². The van der Waals surface area contributed by atoms with Gasteiger partial charge in [0.1, 0.15) is 6.04 Å². The van der Waals surface area contributed by atoms with Gasteiger partial charge in [0.2, 0.25) is 21.8 Å². The molecule has 0 radical (unpaired) electrons. The van der Waals surface area contributed by atoms with Crippen molar-refractivity contribution in [3.63, 3.8) is 0 Å². The quantitative estimate of drug-likeness (QED) is 0.426. The Morgan fingerprint density at radius 2 is 1.61 bits per heavy atom. The largest absolute Gasteiger partial charge is 0.354 e. The molecular weight excluding hydrogens is 474 g/mol. The molecule has 0 aliphatic carbocycles. The fraction of sp³-hybridized carbons (Fsp3) is 0.500. The SMILES string of the molecule is CCCNC(=O)[C@@H](CC)N(Cc1ccc(C)cc1)C(=O)CCCN(c1cc(C)ccc1C)S(C)(=O)=O. The third kappa shape index (κ3) is 8.36. The highest BCUT2D eigenvalue weighted by Gasteiger charge is 2.28. The normalized spacial score (nSPS) is 12.2. The summed E-state index contributed by atoms with van der Waals surface area (Å²) in [7, 11) is -3.53. The smallest absolute Gasteiger partial charge is 0.242 e. The molecule has 1 N–H and O–H groups in total. The Labute approximate surface area is 216 Å². The van der Waals surface area contributed by atoms with E-state index in [4.69, 9.17) is 0 Å². The van der Waals surface area contributed by atoms with Gasteiger partial charge in [-0.1, -0.05) is 55.8 Å². The zero-order chi connectivity index (χ0) is 26.9. The first-order valence-electron chi connectivity index (χ1n) is 12.7. The predicted molar refractivity (Wildman–Crippen MR) is 146 cm³/mol. The number of carbonyl (C=O) groups is 2. The molecule has 2 amide bonds. The molecule has 0 spiro atoms. The summed E-state index contributed by atoms with van der Waals surface area (Å²) in [6.45, 7) is 10.8. The van der Waals surface area contributed by atoms with E-state index in [1.807, 2.05) is 77.1 Å². The minimum absolute atomic E-state index is 0.139. The molecule has 0 saturated carbocycles. The fourth-order valence-electron chi connectivity index (χ4n) is 4.15. The second-order valence-electron chi connectivity index (χ2n) is 9.45. The second-order valence-corrected chi connectivity index (χ2v) is 11.4. The maximum absolute atomic E-state index is 13.5. The Hall–Kier alpha value is -2.87. The van der Waals surface area contributed by atoms with Crippen LogP contribution in [0.5, 0.6) is 0 Å². The van der Waals surface area contributed by atoms with E-state index in [0.29, 0.717) is 31.6 Å². The summed E-state index contributed by atoms with van der Waals surface area (Å²) < 4.78 is 26.6. The summed E-state index contributed by atoms with van der Waals surface area (Å²) in [5.74, 6) is -0.323. The lowest BCUT2D eigenvalue weighted by Crippen LogP contribution is -2.49. The van der Waals surface area contributed by atoms with Gasteiger partial charge in [0.05, 0.1) is 11.9 Å². The van der Waals surface area contributed by atoms with Crippen LogP contribution in [0.2, 0.25) is 0 Å². The number of hydrogen-bond donors (Lipinski definition) is 1. The number of aryl methyl sites for hydroxylation is 3. The molecule has 0 heterocycles. The predicted octanol–water partition coefficient (Wildman–Crippen LogP) is 4.49. The Bertz CT molecular complexity index is 1130. The topological polar surface area (TPSA) is 86.8 Å². The van der Waals surface area contributed by atoms with Crippen molar-refractivity contribution in [2.75, 3.05) is 23.7 Å². The molecular formula is C28H41N3O4S. The Morgan fingerprint density at radius 3 is 2.19 bits per heavy atom. The number of sulfonamides is 1. The molecule has 7 nitrogen and oxygen atoms in total. The number of carbonyl (C=O) groups excluding carboxylic acids is 2. The van der Waals surface area contributed by atoms with E-state index in [1.54, 1.807) is 4.90 Å². The van der Waals surface area contributed by atoms with Gasteiger partial charge in [0, 0.05) is 26.1 Å². The minimum atomic E-state index is -3.53. The van der Waals surface area contributed by atoms with Crippen LogP contribution in [0.1, 0.15) is 61.8 Å². The van der Waals surface area contributed by atoms with Gasteiger partial charge in [-0.15, -0.1) is 0 Å². The van der Waals surface area contributed by atoms with Crippen molar-refractivity contribution in [2.45, 2.75) is 72.9 Å². The Kier molecular flexibility index (Phi) is 11.0. The average Bonchev–Trinajstić information content (AvgIpc) is 2.82. The number of nitrogens with zero attached hydrogens (tertiary/aromatic N) is 2. The van der Waals surface area contributed by atoms with Gasteiger partial charge < -0.3 is 10.2 Å². The van der Waals surface area contributed by atoms with Gasteiger partial charge in [0.15, 0.2) is 0 Å². The number of nitrogens with one attached hydrogen (secondary N) is 1. The number of rotatable bonds is 13. The number of benzene rings is 2. The molecule has 1 atom stereocenters. The maximum Gasteiger partial charge on any atom is 0.242 e. The van der Waals surface area contributed by atoms with Crippen LogP contribution in [-0.4, -0.2) is 50.5 Å². The van der Waals surface area contributed by atoms with Gasteiger partial charge >= 0.3 is 0 Å². The van der Waals surface area contributed by atoms with Gasteiger partial charge in [0.25, 0.3) is 0 Å². The van der Waals surface area contributed by atoms with Crippen molar-refractivity contribution in [1.29, 1.82) is 0 Å². The van der Waals surface area contributed by atoms with Crippen LogP contribution in [0, 0.1) is 20.8 Å². The molecule has 0 aromatic heterocycles. The van der Waals surface area contributed by atoms with Crippen molar-refractivity contribution in [2.24, 2.45) is 0 Å². The summed E-state index contributed by atoms with van der Waals surface area (Å²) in [5, 5.41) is 2.92. The molecule has 0 saturated heterocycles. The van der Waals surface area contributed by atoms with Crippen LogP contribution in [0.15, 0.2) is 42.5 Å². The molecule has 2 rings (SSSR count). The third-order valence-electron chi connectivity index (χ3n) is 6.19. The van der Waals surface area contributed by atoms with Gasteiger partial charge in [-0.05, 0) is 62.8 Å². The highest BCUT2D eigenvalue weighted by Crippen LogP contribution is 2.25. The van der Waals surface area contributed by atoms with Crippen LogP contribution in [0.4, 0.5) is 5.69 Å². The zero-order valence-electron chi connectivity index (χ0n) is 22.5. The van der Waals surface area contributed by atoms with E-state index in [2.05, 4.69) is 5.32 Å². The lowest BCUT2D eigenvalue weighted by molar-refractivity contribution is -0.141. The third-order valence-corrected chi connectivity index (χ3v) is 7.37. The first-order valence-corrected chi connectivity index (χ1v) is 14.5. The van der Waals surface area contributed by atoms with Crippen molar-refractivity contribution in [3.05, 3.63) is 64.7 Å². The molecule has 198 valence electrons. The van der Waals surface area contributed by atoms with E-state index in [1.165, 1.54) is 10.6 Å². The number of hydrogen-bond acceptors (Lipinski definition) is 4. The van der Waals surface area contributed by atoms with E-state index >= 15 is 0 Å². The van der Waals surface area contributed by atoms with Crippen LogP contribution < -0.4 is 9.62 Å². The lowest BCUT2D eigenvalue weighted by atomic mass is 10.1. The number of amides is 2. The van der Waals surface area contributed by atoms with Gasteiger partial charge in [-0.2, -0.15) is 0 Å². The Morgan fingerprint density at radius 1 is 0.972 bits per heavy atom. The fourth-order valence-corrected chi connectivity index (χ4v) is 5.16. The van der Waals surface area contributed by atoms with Gasteiger partial charge in [-0.3, -0.25) is 13.9 Å². The van der Waals surface area contributed by atoms with E-state index in [0.717, 1.165) is 28.7 Å². The van der Waals surface area contributed by atoms with Gasteiger partial charge in [-0.25, -0.2) is 8.42 Å². The molecule has 8 heteroatoms. The standard InChI is InChI=1S/C28H41N3O4S/c1-7-17-29-28(33)25(8-2)30(20-24-15-12-21(3)13-16-24)27(32)10-9-18-31(36(6,34)35)26-19-22(4)11-14-23(26)5/h11-16,19,25H,7-10,17-18,20H2,1-6H3,(H,29,33)/t25-/m1/s1. The monoisotopic (exact) mass is 515 g/mol. The van der Waals surface area contributed by atoms with E-state index in [-0.39, 0.29) is 24.8 Å². The summed E-state index contributed by atoms with van der Waals surface area (Å²) in [6, 6.07) is 13.0. The molecule has 2 aromatic carbocycles. The first-order chi connectivity index (χ1) is 17.0. The second kappa shape index (κ2) is 13.4. The molecule has 36 heavy (non-hydrogen) atoms.